The molecule has 0 saturated heterocycles. The number of allylic oxidation sites excluding steroid dienone is 1. The predicted octanol–water partition coefficient (Wildman–Crippen LogP) is 4.61. The monoisotopic (exact) mass is 516 g/mol. The SMILES string of the molecule is Cn1cc(-c2ccc3nc(/C(C=N)=C/NCC(C)(C)O)nc(NCc4cccc(Cl)c4)c3c2)ccc1=O. The molecule has 0 amide bonds. The Kier molecular flexibility index (Phi) is 7.71. The van der Waals surface area contributed by atoms with Gasteiger partial charge in [-0.05, 0) is 60.9 Å². The summed E-state index contributed by atoms with van der Waals surface area (Å²) in [7, 11) is 1.72. The van der Waals surface area contributed by atoms with Gasteiger partial charge in [0.1, 0.15) is 5.82 Å². The second-order valence-corrected chi connectivity index (χ2v) is 9.85. The second-order valence-electron chi connectivity index (χ2n) is 9.42. The third-order valence-corrected chi connectivity index (χ3v) is 5.90. The fraction of sp³-hybridized carbons (Fsp3) is 0.214. The molecule has 0 aliphatic carbocycles. The lowest BCUT2D eigenvalue weighted by Crippen LogP contribution is -2.32. The fourth-order valence-electron chi connectivity index (χ4n) is 3.75. The quantitative estimate of drug-likeness (QED) is 0.241. The summed E-state index contributed by atoms with van der Waals surface area (Å²) in [5, 5.41) is 25.8. The zero-order valence-electron chi connectivity index (χ0n) is 20.9. The first-order valence-corrected chi connectivity index (χ1v) is 12.1. The second kappa shape index (κ2) is 10.9. The van der Waals surface area contributed by atoms with E-state index in [9.17, 15) is 9.90 Å². The number of pyridine rings is 1. The van der Waals surface area contributed by atoms with Crippen LogP contribution in [0.4, 0.5) is 5.82 Å². The summed E-state index contributed by atoms with van der Waals surface area (Å²) >= 11 is 6.17. The van der Waals surface area contributed by atoms with Gasteiger partial charge < -0.3 is 25.7 Å². The van der Waals surface area contributed by atoms with Crippen LogP contribution in [0.25, 0.3) is 27.6 Å². The summed E-state index contributed by atoms with van der Waals surface area (Å²) in [4.78, 5) is 21.3. The maximum absolute atomic E-state index is 11.9. The number of aromatic nitrogens is 3. The van der Waals surface area contributed by atoms with Crippen molar-refractivity contribution in [2.45, 2.75) is 26.0 Å². The van der Waals surface area contributed by atoms with Gasteiger partial charge in [0.2, 0.25) is 5.56 Å². The number of hydrogen-bond donors (Lipinski definition) is 4. The molecule has 8 nitrogen and oxygen atoms in total. The largest absolute Gasteiger partial charge is 0.389 e. The molecule has 2 aromatic heterocycles. The van der Waals surface area contributed by atoms with E-state index in [0.29, 0.717) is 40.8 Å². The van der Waals surface area contributed by atoms with E-state index in [4.69, 9.17) is 27.0 Å². The van der Waals surface area contributed by atoms with Crippen LogP contribution in [0.2, 0.25) is 5.02 Å². The lowest BCUT2D eigenvalue weighted by molar-refractivity contribution is 0.0836. The Morgan fingerprint density at radius 1 is 1.14 bits per heavy atom. The van der Waals surface area contributed by atoms with E-state index in [1.807, 2.05) is 42.5 Å². The number of rotatable bonds is 9. The molecule has 0 unspecified atom stereocenters. The zero-order valence-corrected chi connectivity index (χ0v) is 21.7. The van der Waals surface area contributed by atoms with Crippen molar-refractivity contribution < 1.29 is 5.11 Å². The summed E-state index contributed by atoms with van der Waals surface area (Å²) in [6, 6.07) is 16.7. The summed E-state index contributed by atoms with van der Waals surface area (Å²) in [5.41, 5.74) is 2.98. The predicted molar refractivity (Wildman–Crippen MR) is 150 cm³/mol. The standard InChI is InChI=1S/C28H29ClN6O2/c1-28(2,37)17-31-15-21(13-30)26-33-24-9-7-19(20-8-10-25(36)35(3)16-20)12-23(24)27(34-26)32-14-18-5-4-6-22(29)11-18/h4-13,15-16,30-31,37H,14,17H2,1-3H3,(H,32,33,34)/b21-15+,30-13?. The molecule has 0 saturated carbocycles. The lowest BCUT2D eigenvalue weighted by atomic mass is 10.0. The van der Waals surface area contributed by atoms with E-state index in [0.717, 1.165) is 22.1 Å². The normalized spacial score (nSPS) is 12.0. The molecule has 4 rings (SSSR count). The molecule has 0 atom stereocenters. The number of nitrogens with zero attached hydrogens (tertiary/aromatic N) is 3. The van der Waals surface area contributed by atoms with E-state index < -0.39 is 5.60 Å². The van der Waals surface area contributed by atoms with Crippen molar-refractivity contribution in [3.05, 3.63) is 93.8 Å². The summed E-state index contributed by atoms with van der Waals surface area (Å²) in [6.07, 6.45) is 4.60. The Balaban J connectivity index is 1.78. The van der Waals surface area contributed by atoms with E-state index in [1.54, 1.807) is 50.0 Å². The molecule has 0 aliphatic heterocycles. The number of fused-ring (bicyclic) bond motifs is 1. The first kappa shape index (κ1) is 26.1. The molecule has 0 spiro atoms. The van der Waals surface area contributed by atoms with Crippen LogP contribution in [0.3, 0.4) is 0 Å². The molecule has 9 heteroatoms. The highest BCUT2D eigenvalue weighted by Gasteiger charge is 2.14. The highest BCUT2D eigenvalue weighted by Crippen LogP contribution is 2.28. The topological polar surface area (TPSA) is 116 Å². The highest BCUT2D eigenvalue weighted by molar-refractivity contribution is 6.30. The molecule has 2 aromatic carbocycles. The van der Waals surface area contributed by atoms with Crippen LogP contribution in [-0.2, 0) is 13.6 Å². The first-order chi connectivity index (χ1) is 17.6. The van der Waals surface area contributed by atoms with Gasteiger partial charge in [-0.15, -0.1) is 0 Å². The van der Waals surface area contributed by atoms with Crippen LogP contribution < -0.4 is 16.2 Å². The van der Waals surface area contributed by atoms with Crippen LogP contribution in [0.5, 0.6) is 0 Å². The Labute approximate surface area is 220 Å². The van der Waals surface area contributed by atoms with E-state index in [2.05, 4.69) is 10.6 Å². The molecule has 0 bridgehead atoms. The minimum Gasteiger partial charge on any atom is -0.389 e. The number of anilines is 1. The molecule has 0 aliphatic rings. The molecule has 0 radical (unpaired) electrons. The minimum absolute atomic E-state index is 0.0782. The van der Waals surface area contributed by atoms with Crippen molar-refractivity contribution in [2.24, 2.45) is 7.05 Å². The Morgan fingerprint density at radius 2 is 1.92 bits per heavy atom. The van der Waals surface area contributed by atoms with E-state index >= 15 is 0 Å². The number of benzene rings is 2. The maximum Gasteiger partial charge on any atom is 0.250 e. The van der Waals surface area contributed by atoms with Crippen molar-refractivity contribution in [3.63, 3.8) is 0 Å². The smallest absolute Gasteiger partial charge is 0.250 e. The third-order valence-electron chi connectivity index (χ3n) is 5.67. The molecule has 0 fully saturated rings. The van der Waals surface area contributed by atoms with Gasteiger partial charge in [0, 0.05) is 55.2 Å². The van der Waals surface area contributed by atoms with Crippen molar-refractivity contribution in [2.75, 3.05) is 11.9 Å². The van der Waals surface area contributed by atoms with Gasteiger partial charge in [0.05, 0.1) is 16.7 Å². The van der Waals surface area contributed by atoms with Gasteiger partial charge in [0.25, 0.3) is 0 Å². The highest BCUT2D eigenvalue weighted by atomic mass is 35.5. The Hall–Kier alpha value is -4.01. The third kappa shape index (κ3) is 6.61. The van der Waals surface area contributed by atoms with E-state index in [-0.39, 0.29) is 5.56 Å². The number of aryl methyl sites for hydroxylation is 1. The van der Waals surface area contributed by atoms with Gasteiger partial charge >= 0.3 is 0 Å². The van der Waals surface area contributed by atoms with Gasteiger partial charge in [-0.3, -0.25) is 4.79 Å². The lowest BCUT2D eigenvalue weighted by Gasteiger charge is -2.17. The first-order valence-electron chi connectivity index (χ1n) is 11.8. The average molecular weight is 517 g/mol. The molecule has 4 aromatic rings. The van der Waals surface area contributed by atoms with Crippen LogP contribution in [-0.4, -0.2) is 38.0 Å². The van der Waals surface area contributed by atoms with Gasteiger partial charge in [0.15, 0.2) is 5.82 Å². The number of hydrogen-bond acceptors (Lipinski definition) is 7. The summed E-state index contributed by atoms with van der Waals surface area (Å²) < 4.78 is 1.54. The minimum atomic E-state index is -0.908. The Morgan fingerprint density at radius 3 is 2.62 bits per heavy atom. The van der Waals surface area contributed by atoms with Gasteiger partial charge in [-0.2, -0.15) is 0 Å². The van der Waals surface area contributed by atoms with Crippen molar-refractivity contribution >= 4 is 40.1 Å². The molecule has 37 heavy (non-hydrogen) atoms. The van der Waals surface area contributed by atoms with Gasteiger partial charge in [-0.25, -0.2) is 9.97 Å². The molecule has 4 N–H and O–H groups in total. The van der Waals surface area contributed by atoms with Crippen molar-refractivity contribution in [1.29, 1.82) is 5.41 Å². The molecular formula is C28H29ClN6O2. The van der Waals surface area contributed by atoms with Crippen molar-refractivity contribution in [1.82, 2.24) is 19.9 Å². The number of nitrogens with one attached hydrogen (secondary N) is 3. The maximum atomic E-state index is 11.9. The van der Waals surface area contributed by atoms with Crippen LogP contribution in [0.1, 0.15) is 25.2 Å². The molecule has 2 heterocycles. The molecular weight excluding hydrogens is 488 g/mol. The average Bonchev–Trinajstić information content (AvgIpc) is 2.86. The van der Waals surface area contributed by atoms with Crippen LogP contribution in [0, 0.1) is 5.41 Å². The summed E-state index contributed by atoms with van der Waals surface area (Å²) in [6.45, 7) is 4.19. The summed E-state index contributed by atoms with van der Waals surface area (Å²) in [5.74, 6) is 0.969. The van der Waals surface area contributed by atoms with Crippen LogP contribution >= 0.6 is 11.6 Å². The Bertz CT molecular complexity index is 1540. The fourth-order valence-corrected chi connectivity index (χ4v) is 3.96. The van der Waals surface area contributed by atoms with Crippen LogP contribution in [0.15, 0.2) is 71.8 Å². The van der Waals surface area contributed by atoms with Gasteiger partial charge in [-0.1, -0.05) is 29.8 Å². The van der Waals surface area contributed by atoms with Crippen molar-refractivity contribution in [3.8, 4) is 11.1 Å². The zero-order chi connectivity index (χ0) is 26.6. The number of halogens is 1. The number of aliphatic hydroxyl groups is 1. The van der Waals surface area contributed by atoms with E-state index in [1.165, 1.54) is 6.21 Å². The molecule has 190 valence electrons.